The first-order valence-corrected chi connectivity index (χ1v) is 8.29. The van der Waals surface area contributed by atoms with Gasteiger partial charge in [0.05, 0.1) is 11.9 Å². The van der Waals surface area contributed by atoms with E-state index < -0.39 is 10.0 Å². The Kier molecular flexibility index (Phi) is 4.20. The van der Waals surface area contributed by atoms with Gasteiger partial charge in [-0.15, -0.1) is 0 Å². The molecule has 1 aromatic heterocycles. The molecule has 0 saturated carbocycles. The zero-order valence-electron chi connectivity index (χ0n) is 13.0. The molecule has 2 aromatic rings. The number of nitrogens with zero attached hydrogens (tertiary/aromatic N) is 2. The lowest BCUT2D eigenvalue weighted by Gasteiger charge is -2.17. The number of hydrogen-bond donors (Lipinski definition) is 1. The third-order valence-corrected chi connectivity index (χ3v) is 5.35. The minimum Gasteiger partial charge on any atom is -0.272 e. The van der Waals surface area contributed by atoms with Crippen LogP contribution in [0.3, 0.4) is 0 Å². The van der Waals surface area contributed by atoms with Crippen molar-refractivity contribution >= 4 is 10.0 Å². The van der Waals surface area contributed by atoms with Gasteiger partial charge in [-0.3, -0.25) is 4.68 Å². The summed E-state index contributed by atoms with van der Waals surface area (Å²) in [5.41, 5.74) is 3.84. The van der Waals surface area contributed by atoms with Crippen molar-refractivity contribution in [3.8, 4) is 0 Å². The van der Waals surface area contributed by atoms with Crippen LogP contribution >= 0.6 is 0 Å². The smallest absolute Gasteiger partial charge is 0.244 e. The second-order valence-corrected chi connectivity index (χ2v) is 7.10. The summed E-state index contributed by atoms with van der Waals surface area (Å²) >= 11 is 0. The standard InChI is InChI=1S/C15H21N3O2S/c1-10-6-7-14(11(2)8-10)12(3)17-21(19,20)15-9-16-18(5)13(15)4/h6-9,12,17H,1-5H3. The summed E-state index contributed by atoms with van der Waals surface area (Å²) in [7, 11) is -1.85. The van der Waals surface area contributed by atoms with E-state index in [1.165, 1.54) is 6.20 Å². The van der Waals surface area contributed by atoms with Crippen LogP contribution in [-0.4, -0.2) is 18.2 Å². The van der Waals surface area contributed by atoms with E-state index in [-0.39, 0.29) is 10.9 Å². The van der Waals surface area contributed by atoms with Gasteiger partial charge in [0.1, 0.15) is 4.90 Å². The van der Waals surface area contributed by atoms with Crippen LogP contribution in [0.5, 0.6) is 0 Å². The first kappa shape index (κ1) is 15.7. The van der Waals surface area contributed by atoms with Crippen molar-refractivity contribution in [2.75, 3.05) is 0 Å². The van der Waals surface area contributed by atoms with E-state index >= 15 is 0 Å². The third kappa shape index (κ3) is 3.16. The highest BCUT2D eigenvalue weighted by Crippen LogP contribution is 2.22. The van der Waals surface area contributed by atoms with Crippen molar-refractivity contribution < 1.29 is 8.42 Å². The fourth-order valence-electron chi connectivity index (χ4n) is 2.41. The lowest BCUT2D eigenvalue weighted by molar-refractivity contribution is 0.565. The molecular formula is C15H21N3O2S. The predicted octanol–water partition coefficient (Wildman–Crippen LogP) is 2.38. The van der Waals surface area contributed by atoms with Crippen molar-refractivity contribution in [2.24, 2.45) is 7.05 Å². The van der Waals surface area contributed by atoms with Crippen molar-refractivity contribution in [1.82, 2.24) is 14.5 Å². The monoisotopic (exact) mass is 307 g/mol. The van der Waals surface area contributed by atoms with E-state index in [9.17, 15) is 8.42 Å². The molecule has 2 rings (SSSR count). The predicted molar refractivity (Wildman–Crippen MR) is 82.6 cm³/mol. The Balaban J connectivity index is 2.30. The van der Waals surface area contributed by atoms with Gasteiger partial charge >= 0.3 is 0 Å². The van der Waals surface area contributed by atoms with Gasteiger partial charge in [-0.2, -0.15) is 5.10 Å². The molecule has 5 nitrogen and oxygen atoms in total. The van der Waals surface area contributed by atoms with E-state index in [2.05, 4.69) is 15.9 Å². The van der Waals surface area contributed by atoms with Gasteiger partial charge in [0, 0.05) is 13.1 Å². The first-order chi connectivity index (χ1) is 9.72. The maximum absolute atomic E-state index is 12.5. The van der Waals surface area contributed by atoms with Crippen molar-refractivity contribution in [2.45, 2.75) is 38.6 Å². The Labute approximate surface area is 126 Å². The normalized spacial score (nSPS) is 13.4. The number of rotatable bonds is 4. The number of nitrogens with one attached hydrogen (secondary N) is 1. The Hall–Kier alpha value is -1.66. The Morgan fingerprint density at radius 3 is 2.43 bits per heavy atom. The number of sulfonamides is 1. The van der Waals surface area contributed by atoms with Crippen molar-refractivity contribution in [3.05, 3.63) is 46.8 Å². The van der Waals surface area contributed by atoms with Crippen LogP contribution in [0.2, 0.25) is 0 Å². The Morgan fingerprint density at radius 2 is 1.90 bits per heavy atom. The van der Waals surface area contributed by atoms with Crippen LogP contribution in [0.4, 0.5) is 0 Å². The second-order valence-electron chi connectivity index (χ2n) is 5.42. The minimum absolute atomic E-state index is 0.224. The minimum atomic E-state index is -3.58. The third-order valence-electron chi connectivity index (χ3n) is 3.70. The van der Waals surface area contributed by atoms with Crippen molar-refractivity contribution in [1.29, 1.82) is 0 Å². The molecule has 1 atom stereocenters. The van der Waals surface area contributed by atoms with Gasteiger partial charge in [-0.05, 0) is 38.8 Å². The first-order valence-electron chi connectivity index (χ1n) is 6.80. The van der Waals surface area contributed by atoms with E-state index in [4.69, 9.17) is 0 Å². The quantitative estimate of drug-likeness (QED) is 0.943. The second kappa shape index (κ2) is 5.61. The van der Waals surface area contributed by atoms with Crippen LogP contribution in [-0.2, 0) is 17.1 Å². The number of aryl methyl sites for hydroxylation is 3. The molecule has 0 aliphatic heterocycles. The maximum atomic E-state index is 12.5. The highest BCUT2D eigenvalue weighted by molar-refractivity contribution is 7.89. The van der Waals surface area contributed by atoms with Gasteiger partial charge in [-0.1, -0.05) is 23.8 Å². The molecular weight excluding hydrogens is 286 g/mol. The Morgan fingerprint density at radius 1 is 1.24 bits per heavy atom. The molecule has 0 saturated heterocycles. The van der Waals surface area contributed by atoms with Crippen LogP contribution in [0.25, 0.3) is 0 Å². The lowest BCUT2D eigenvalue weighted by atomic mass is 10.0. The lowest BCUT2D eigenvalue weighted by Crippen LogP contribution is -2.27. The summed E-state index contributed by atoms with van der Waals surface area (Å²) in [6.45, 7) is 7.59. The summed E-state index contributed by atoms with van der Waals surface area (Å²) in [6.07, 6.45) is 1.38. The number of hydrogen-bond acceptors (Lipinski definition) is 3. The maximum Gasteiger partial charge on any atom is 0.244 e. The summed E-state index contributed by atoms with van der Waals surface area (Å²) in [4.78, 5) is 0.224. The molecule has 114 valence electrons. The molecule has 1 unspecified atom stereocenters. The number of aromatic nitrogens is 2. The zero-order valence-corrected chi connectivity index (χ0v) is 13.8. The van der Waals surface area contributed by atoms with Crippen LogP contribution in [0, 0.1) is 20.8 Å². The Bertz CT molecular complexity index is 763. The summed E-state index contributed by atoms with van der Waals surface area (Å²) in [5.74, 6) is 0. The van der Waals surface area contributed by atoms with Gasteiger partial charge in [-0.25, -0.2) is 13.1 Å². The topological polar surface area (TPSA) is 64.0 Å². The molecule has 0 aliphatic carbocycles. The molecule has 0 aliphatic rings. The van der Waals surface area contributed by atoms with Crippen LogP contribution in [0.1, 0.15) is 35.3 Å². The molecule has 1 heterocycles. The van der Waals surface area contributed by atoms with Gasteiger partial charge in [0.25, 0.3) is 0 Å². The summed E-state index contributed by atoms with van der Waals surface area (Å²) < 4.78 is 29.2. The van der Waals surface area contributed by atoms with Crippen molar-refractivity contribution in [3.63, 3.8) is 0 Å². The summed E-state index contributed by atoms with van der Waals surface area (Å²) in [5, 5.41) is 3.99. The van der Waals surface area contributed by atoms with Gasteiger partial charge in [0.2, 0.25) is 10.0 Å². The molecule has 0 amide bonds. The highest BCUT2D eigenvalue weighted by Gasteiger charge is 2.23. The van der Waals surface area contributed by atoms with Crippen LogP contribution < -0.4 is 4.72 Å². The molecule has 0 fully saturated rings. The SMILES string of the molecule is Cc1ccc(C(C)NS(=O)(=O)c2cnn(C)c2C)c(C)c1. The molecule has 21 heavy (non-hydrogen) atoms. The summed E-state index contributed by atoms with van der Waals surface area (Å²) in [6, 6.07) is 5.71. The number of benzene rings is 1. The molecule has 0 radical (unpaired) electrons. The largest absolute Gasteiger partial charge is 0.272 e. The highest BCUT2D eigenvalue weighted by atomic mass is 32.2. The van der Waals surface area contributed by atoms with E-state index in [0.717, 1.165) is 16.7 Å². The van der Waals surface area contributed by atoms with Gasteiger partial charge in [0.15, 0.2) is 0 Å². The fraction of sp³-hybridized carbons (Fsp3) is 0.400. The average molecular weight is 307 g/mol. The molecule has 1 aromatic carbocycles. The van der Waals surface area contributed by atoms with Gasteiger partial charge < -0.3 is 0 Å². The van der Waals surface area contributed by atoms with E-state index in [1.807, 2.05) is 32.9 Å². The molecule has 6 heteroatoms. The molecule has 1 N–H and O–H groups in total. The van der Waals surface area contributed by atoms with E-state index in [0.29, 0.717) is 5.69 Å². The molecule has 0 spiro atoms. The fourth-order valence-corrected chi connectivity index (χ4v) is 3.84. The zero-order chi connectivity index (χ0) is 15.8. The molecule has 0 bridgehead atoms. The average Bonchev–Trinajstić information content (AvgIpc) is 2.69. The van der Waals surface area contributed by atoms with E-state index in [1.54, 1.807) is 18.7 Å². The van der Waals surface area contributed by atoms with Crippen LogP contribution in [0.15, 0.2) is 29.3 Å².